The maximum Gasteiger partial charge on any atom is 0.0893 e. The molecular formula is C24H10Br2Cl2OS3. The van der Waals surface area contributed by atoms with Gasteiger partial charge >= 0.3 is 0 Å². The quantitative estimate of drug-likeness (QED) is 0.184. The smallest absolute Gasteiger partial charge is 0.0893 e. The molecule has 2 aromatic heterocycles. The molecule has 0 amide bonds. The van der Waals surface area contributed by atoms with E-state index in [-0.39, 0.29) is 0 Å². The van der Waals surface area contributed by atoms with E-state index in [9.17, 15) is 4.21 Å². The summed E-state index contributed by atoms with van der Waals surface area (Å²) < 4.78 is 20.6. The molecule has 8 heteroatoms. The summed E-state index contributed by atoms with van der Waals surface area (Å²) in [5, 5.41) is 4.91. The van der Waals surface area contributed by atoms with Crippen LogP contribution in [-0.2, 0) is 10.8 Å². The molecule has 32 heavy (non-hydrogen) atoms. The fraction of sp³-hybridized carbons (Fsp3) is 0. The molecule has 6 aromatic rings. The SMILES string of the molecule is O=S(c1c(Cl)ccc2sc3cc(Br)ccc3c12)c1c(Cl)ccc2sc3cc(Br)ccc3c12. The van der Waals surface area contributed by atoms with Crippen molar-refractivity contribution in [3.8, 4) is 0 Å². The van der Waals surface area contributed by atoms with E-state index in [2.05, 4.69) is 56.1 Å². The van der Waals surface area contributed by atoms with Crippen molar-refractivity contribution >= 4 is 129 Å². The first-order valence-electron chi connectivity index (χ1n) is 9.44. The van der Waals surface area contributed by atoms with Crippen molar-refractivity contribution in [1.29, 1.82) is 0 Å². The summed E-state index contributed by atoms with van der Waals surface area (Å²) in [6.45, 7) is 0. The lowest BCUT2D eigenvalue weighted by atomic mass is 10.1. The van der Waals surface area contributed by atoms with Gasteiger partial charge in [-0.15, -0.1) is 22.7 Å². The number of hydrogen-bond donors (Lipinski definition) is 0. The number of fused-ring (bicyclic) bond motifs is 6. The van der Waals surface area contributed by atoms with Crippen LogP contribution in [0.3, 0.4) is 0 Å². The molecule has 0 unspecified atom stereocenters. The second kappa shape index (κ2) is 8.05. The van der Waals surface area contributed by atoms with Crippen LogP contribution in [0.4, 0.5) is 0 Å². The summed E-state index contributed by atoms with van der Waals surface area (Å²) >= 11 is 23.8. The molecule has 1 nitrogen and oxygen atoms in total. The third-order valence-corrected chi connectivity index (χ3v) is 11.0. The van der Waals surface area contributed by atoms with Gasteiger partial charge in [-0.1, -0.05) is 67.2 Å². The minimum absolute atomic E-state index is 0.480. The Morgan fingerprint density at radius 2 is 1.06 bits per heavy atom. The minimum Gasteiger partial charge on any atom is -0.249 e. The highest BCUT2D eigenvalue weighted by Crippen LogP contribution is 2.46. The molecule has 0 atom stereocenters. The van der Waals surface area contributed by atoms with E-state index in [4.69, 9.17) is 23.2 Å². The lowest BCUT2D eigenvalue weighted by molar-refractivity contribution is 0.684. The molecular weight excluding hydrogens is 631 g/mol. The highest BCUT2D eigenvalue weighted by molar-refractivity contribution is 9.10. The third kappa shape index (κ3) is 3.30. The fourth-order valence-electron chi connectivity index (χ4n) is 4.03. The summed E-state index contributed by atoms with van der Waals surface area (Å²) in [4.78, 5) is 1.23. The number of hydrogen-bond acceptors (Lipinski definition) is 3. The average Bonchev–Trinajstić information content (AvgIpc) is 3.30. The minimum atomic E-state index is -1.57. The van der Waals surface area contributed by atoms with Gasteiger partial charge in [-0.25, -0.2) is 4.21 Å². The largest absolute Gasteiger partial charge is 0.249 e. The van der Waals surface area contributed by atoms with Gasteiger partial charge in [0, 0.05) is 49.3 Å². The maximum atomic E-state index is 14.3. The van der Waals surface area contributed by atoms with Gasteiger partial charge in [-0.3, -0.25) is 0 Å². The molecule has 0 radical (unpaired) electrons. The molecule has 0 saturated carbocycles. The summed E-state index contributed by atoms with van der Waals surface area (Å²) in [6.07, 6.45) is 0. The van der Waals surface area contributed by atoms with Crippen molar-refractivity contribution in [2.75, 3.05) is 0 Å². The van der Waals surface area contributed by atoms with Crippen molar-refractivity contribution in [3.63, 3.8) is 0 Å². The molecule has 0 N–H and O–H groups in total. The Bertz CT molecular complexity index is 1630. The van der Waals surface area contributed by atoms with Crippen molar-refractivity contribution in [2.45, 2.75) is 9.79 Å². The van der Waals surface area contributed by atoms with Gasteiger partial charge in [0.25, 0.3) is 0 Å². The standard InChI is InChI=1S/C24H10Br2Cl2OS3/c25-11-1-3-13-19(9-11)30-17-7-5-15(27)23(21(13)17)32(29)24-16(28)6-8-18-22(24)14-4-2-12(26)10-20(14)31-18/h1-10H. The van der Waals surface area contributed by atoms with Gasteiger partial charge in [-0.2, -0.15) is 0 Å². The van der Waals surface area contributed by atoms with E-state index in [1.165, 1.54) is 0 Å². The second-order valence-corrected chi connectivity index (χ2v) is 13.4. The summed E-state index contributed by atoms with van der Waals surface area (Å²) in [5.41, 5.74) is 0. The number of thiophene rings is 2. The van der Waals surface area contributed by atoms with Gasteiger partial charge < -0.3 is 0 Å². The molecule has 0 aliphatic rings. The van der Waals surface area contributed by atoms with Gasteiger partial charge in [-0.05, 0) is 48.5 Å². The van der Waals surface area contributed by atoms with Crippen LogP contribution in [0.25, 0.3) is 40.3 Å². The van der Waals surface area contributed by atoms with Gasteiger partial charge in [0.2, 0.25) is 0 Å². The first-order chi connectivity index (χ1) is 15.4. The Balaban J connectivity index is 1.72. The Kier molecular flexibility index (Phi) is 5.42. The van der Waals surface area contributed by atoms with Crippen LogP contribution >= 0.6 is 77.7 Å². The normalized spacial score (nSPS) is 12.2. The Morgan fingerprint density at radius 1 is 0.625 bits per heavy atom. The lowest BCUT2D eigenvalue weighted by Gasteiger charge is -2.11. The predicted molar refractivity (Wildman–Crippen MR) is 149 cm³/mol. The molecule has 6 rings (SSSR count). The van der Waals surface area contributed by atoms with Crippen molar-refractivity contribution in [3.05, 3.63) is 79.7 Å². The van der Waals surface area contributed by atoms with Crippen LogP contribution in [0.15, 0.2) is 79.4 Å². The van der Waals surface area contributed by atoms with Gasteiger partial charge in [0.1, 0.15) is 0 Å². The van der Waals surface area contributed by atoms with Crippen molar-refractivity contribution in [1.82, 2.24) is 0 Å². The van der Waals surface area contributed by atoms with E-state index < -0.39 is 10.8 Å². The Morgan fingerprint density at radius 3 is 1.50 bits per heavy atom. The molecule has 2 heterocycles. The van der Waals surface area contributed by atoms with E-state index >= 15 is 0 Å². The fourth-order valence-corrected chi connectivity index (χ4v) is 9.74. The summed E-state index contributed by atoms with van der Waals surface area (Å²) in [6, 6.07) is 19.9. The summed E-state index contributed by atoms with van der Waals surface area (Å²) in [5.74, 6) is 0. The monoisotopic (exact) mass is 638 g/mol. The number of benzene rings is 4. The van der Waals surface area contributed by atoms with Crippen LogP contribution in [0.2, 0.25) is 10.0 Å². The van der Waals surface area contributed by atoms with E-state index in [1.54, 1.807) is 22.7 Å². The zero-order valence-corrected chi connectivity index (χ0v) is 23.1. The molecule has 4 aromatic carbocycles. The topological polar surface area (TPSA) is 17.1 Å². The van der Waals surface area contributed by atoms with Crippen LogP contribution in [0.1, 0.15) is 0 Å². The van der Waals surface area contributed by atoms with Crippen LogP contribution < -0.4 is 0 Å². The molecule has 0 aliphatic carbocycles. The Labute approximate surface area is 220 Å². The highest BCUT2D eigenvalue weighted by atomic mass is 79.9. The number of halogens is 4. The van der Waals surface area contributed by atoms with Crippen LogP contribution in [0.5, 0.6) is 0 Å². The molecule has 158 valence electrons. The second-order valence-electron chi connectivity index (χ2n) is 7.25. The number of rotatable bonds is 2. The predicted octanol–water partition coefficient (Wildman–Crippen LogP) is 10.4. The average molecular weight is 641 g/mol. The first-order valence-corrected chi connectivity index (χ1v) is 14.6. The summed E-state index contributed by atoms with van der Waals surface area (Å²) in [7, 11) is -1.57. The van der Waals surface area contributed by atoms with E-state index in [0.717, 1.165) is 49.3 Å². The van der Waals surface area contributed by atoms with Gasteiger partial charge in [0.05, 0.1) is 30.6 Å². The van der Waals surface area contributed by atoms with Gasteiger partial charge in [0.15, 0.2) is 0 Å². The van der Waals surface area contributed by atoms with E-state index in [1.807, 2.05) is 36.4 Å². The van der Waals surface area contributed by atoms with E-state index in [0.29, 0.717) is 19.8 Å². The maximum absolute atomic E-state index is 14.3. The zero-order chi connectivity index (χ0) is 22.1. The lowest BCUT2D eigenvalue weighted by Crippen LogP contribution is -1.97. The van der Waals surface area contributed by atoms with Crippen molar-refractivity contribution in [2.24, 2.45) is 0 Å². The molecule has 0 spiro atoms. The molecule has 0 fully saturated rings. The van der Waals surface area contributed by atoms with Crippen molar-refractivity contribution < 1.29 is 4.21 Å². The highest BCUT2D eigenvalue weighted by Gasteiger charge is 2.24. The first kappa shape index (κ1) is 21.5. The molecule has 0 saturated heterocycles. The molecule has 0 bridgehead atoms. The Hall–Kier alpha value is -0.990. The third-order valence-electron chi connectivity index (χ3n) is 5.38. The zero-order valence-electron chi connectivity index (χ0n) is 15.9. The van der Waals surface area contributed by atoms with Crippen LogP contribution in [0, 0.1) is 0 Å². The molecule has 0 aliphatic heterocycles. The van der Waals surface area contributed by atoms with Crippen LogP contribution in [-0.4, -0.2) is 4.21 Å².